The van der Waals surface area contributed by atoms with Gasteiger partial charge in [-0.1, -0.05) is 18.2 Å². The second-order valence-electron chi connectivity index (χ2n) is 5.94. The van der Waals surface area contributed by atoms with Crippen LogP contribution in [0, 0.1) is 10.1 Å². The third-order valence-electron chi connectivity index (χ3n) is 3.92. The van der Waals surface area contributed by atoms with Crippen LogP contribution in [0.5, 0.6) is 5.75 Å². The first-order chi connectivity index (χ1) is 14.3. The number of furan rings is 1. The first-order valence-corrected chi connectivity index (χ1v) is 8.42. The average molecular weight is 421 g/mol. The zero-order chi connectivity index (χ0) is 21.7. The van der Waals surface area contributed by atoms with Crippen molar-refractivity contribution in [2.24, 2.45) is 0 Å². The fourth-order valence-corrected chi connectivity index (χ4v) is 2.47. The van der Waals surface area contributed by atoms with Crippen LogP contribution in [0.3, 0.4) is 0 Å². The van der Waals surface area contributed by atoms with Crippen LogP contribution in [0.2, 0.25) is 0 Å². The number of rotatable bonds is 7. The van der Waals surface area contributed by atoms with Gasteiger partial charge >= 0.3 is 12.1 Å². The predicted octanol–water partition coefficient (Wildman–Crippen LogP) is 4.54. The van der Waals surface area contributed by atoms with Crippen molar-refractivity contribution >= 4 is 17.3 Å². The zero-order valence-electron chi connectivity index (χ0n) is 15.1. The highest BCUT2D eigenvalue weighted by Gasteiger charge is 2.33. The summed E-state index contributed by atoms with van der Waals surface area (Å²) in [7, 11) is 0. The van der Waals surface area contributed by atoms with Gasteiger partial charge in [-0.25, -0.2) is 0 Å². The summed E-state index contributed by atoms with van der Waals surface area (Å²) in [6, 6.07) is 12.2. The van der Waals surface area contributed by atoms with E-state index >= 15 is 0 Å². The highest BCUT2D eigenvalue weighted by molar-refractivity contribution is 5.93. The summed E-state index contributed by atoms with van der Waals surface area (Å²) in [4.78, 5) is 22.5. The molecule has 3 rings (SSSR count). The molecular formula is C19H14F3N3O5. The highest BCUT2D eigenvalue weighted by atomic mass is 19.4. The number of benzene rings is 2. The average Bonchev–Trinajstić information content (AvgIpc) is 3.19. The van der Waals surface area contributed by atoms with Crippen molar-refractivity contribution in [1.29, 1.82) is 0 Å². The Morgan fingerprint density at radius 3 is 2.53 bits per heavy atom. The van der Waals surface area contributed by atoms with Crippen LogP contribution in [0.4, 0.5) is 24.5 Å². The molecule has 3 aromatic rings. The van der Waals surface area contributed by atoms with Gasteiger partial charge in [0.05, 0.1) is 16.7 Å². The van der Waals surface area contributed by atoms with Crippen LogP contribution in [0.1, 0.15) is 21.7 Å². The maximum absolute atomic E-state index is 12.8. The van der Waals surface area contributed by atoms with E-state index in [0.29, 0.717) is 23.4 Å². The lowest BCUT2D eigenvalue weighted by molar-refractivity contribution is -0.384. The van der Waals surface area contributed by atoms with Crippen LogP contribution < -0.4 is 15.6 Å². The molecular weight excluding hydrogens is 407 g/mol. The van der Waals surface area contributed by atoms with E-state index in [1.54, 1.807) is 24.3 Å². The summed E-state index contributed by atoms with van der Waals surface area (Å²) in [5, 5.41) is 11.1. The standard InChI is InChI=1S/C19H14F3N3O5/c20-19(21,22)13-6-7-15(16(10-13)25(27)28)23-24-18(26)17-12(8-9-29-17)11-30-14-4-2-1-3-5-14/h1-10,23H,11H2,(H,24,26). The number of nitro groups is 1. The highest BCUT2D eigenvalue weighted by Crippen LogP contribution is 2.34. The van der Waals surface area contributed by atoms with Gasteiger partial charge in [-0.2, -0.15) is 13.2 Å². The van der Waals surface area contributed by atoms with Crippen LogP contribution in [-0.4, -0.2) is 10.8 Å². The van der Waals surface area contributed by atoms with Gasteiger partial charge in [0.25, 0.3) is 5.69 Å². The molecule has 8 nitrogen and oxygen atoms in total. The Balaban J connectivity index is 1.69. The number of carbonyl (C=O) groups excluding carboxylic acids is 1. The summed E-state index contributed by atoms with van der Waals surface area (Å²) in [5.74, 6) is -0.336. The summed E-state index contributed by atoms with van der Waals surface area (Å²) < 4.78 is 49.0. The van der Waals surface area contributed by atoms with Crippen LogP contribution >= 0.6 is 0 Å². The van der Waals surface area contributed by atoms with Crippen molar-refractivity contribution in [1.82, 2.24) is 5.43 Å². The number of anilines is 1. The van der Waals surface area contributed by atoms with Crippen LogP contribution in [0.25, 0.3) is 0 Å². The second-order valence-corrected chi connectivity index (χ2v) is 5.94. The SMILES string of the molecule is O=C(NNc1ccc(C(F)(F)F)cc1[N+](=O)[O-])c1occc1COc1ccccc1. The molecule has 0 aliphatic rings. The zero-order valence-corrected chi connectivity index (χ0v) is 15.1. The number of amides is 1. The Hall–Kier alpha value is -4.02. The maximum Gasteiger partial charge on any atom is 0.416 e. The van der Waals surface area contributed by atoms with Crippen molar-refractivity contribution in [3.05, 3.63) is 87.9 Å². The monoisotopic (exact) mass is 421 g/mol. The third kappa shape index (κ3) is 4.87. The second kappa shape index (κ2) is 8.55. The topological polar surface area (TPSA) is 107 Å². The largest absolute Gasteiger partial charge is 0.489 e. The van der Waals surface area contributed by atoms with Crippen molar-refractivity contribution in [2.45, 2.75) is 12.8 Å². The number of nitrogens with one attached hydrogen (secondary N) is 2. The van der Waals surface area contributed by atoms with Gasteiger partial charge in [-0.3, -0.25) is 25.8 Å². The number of hydrazine groups is 1. The predicted molar refractivity (Wildman–Crippen MR) is 98.7 cm³/mol. The Morgan fingerprint density at radius 2 is 1.87 bits per heavy atom. The smallest absolute Gasteiger partial charge is 0.416 e. The van der Waals surface area contributed by atoms with Gasteiger partial charge < -0.3 is 9.15 Å². The van der Waals surface area contributed by atoms with E-state index < -0.39 is 28.3 Å². The molecule has 1 heterocycles. The van der Waals surface area contributed by atoms with Gasteiger partial charge in [0, 0.05) is 11.6 Å². The van der Waals surface area contributed by atoms with E-state index in [-0.39, 0.29) is 18.1 Å². The molecule has 0 aliphatic heterocycles. The lowest BCUT2D eigenvalue weighted by atomic mass is 10.1. The fourth-order valence-electron chi connectivity index (χ4n) is 2.47. The number of carbonyl (C=O) groups is 1. The summed E-state index contributed by atoms with van der Waals surface area (Å²) >= 11 is 0. The third-order valence-corrected chi connectivity index (χ3v) is 3.92. The number of ether oxygens (including phenoxy) is 1. The van der Waals surface area contributed by atoms with E-state index in [9.17, 15) is 28.1 Å². The van der Waals surface area contributed by atoms with Crippen molar-refractivity contribution < 1.29 is 32.0 Å². The molecule has 1 amide bonds. The quantitative estimate of drug-likeness (QED) is 0.428. The summed E-state index contributed by atoms with van der Waals surface area (Å²) in [6.45, 7) is 0.0176. The Labute approximate surface area is 167 Å². The maximum atomic E-state index is 12.8. The minimum atomic E-state index is -4.74. The molecule has 0 radical (unpaired) electrons. The van der Waals surface area contributed by atoms with Gasteiger partial charge in [-0.05, 0) is 30.3 Å². The molecule has 0 saturated carbocycles. The van der Waals surface area contributed by atoms with Gasteiger partial charge in [0.15, 0.2) is 5.76 Å². The first-order valence-electron chi connectivity index (χ1n) is 8.42. The lowest BCUT2D eigenvalue weighted by Crippen LogP contribution is -2.30. The number of alkyl halides is 3. The molecule has 2 N–H and O–H groups in total. The van der Waals surface area contributed by atoms with Crippen LogP contribution in [-0.2, 0) is 12.8 Å². The van der Waals surface area contributed by atoms with Crippen molar-refractivity contribution in [3.63, 3.8) is 0 Å². The lowest BCUT2D eigenvalue weighted by Gasteiger charge is -2.11. The van der Waals surface area contributed by atoms with E-state index in [1.807, 2.05) is 6.07 Å². The molecule has 0 atom stereocenters. The number of hydrogen-bond acceptors (Lipinski definition) is 6. The minimum absolute atomic E-state index is 0.0176. The molecule has 156 valence electrons. The van der Waals surface area contributed by atoms with E-state index in [0.717, 1.165) is 6.07 Å². The number of halogens is 3. The van der Waals surface area contributed by atoms with Gasteiger partial charge in [-0.15, -0.1) is 0 Å². The number of nitro benzene ring substituents is 1. The van der Waals surface area contributed by atoms with E-state index in [2.05, 4.69) is 10.9 Å². The number of nitrogens with zero attached hydrogens (tertiary/aromatic N) is 1. The molecule has 0 saturated heterocycles. The molecule has 0 bridgehead atoms. The molecule has 1 aromatic heterocycles. The molecule has 0 aliphatic carbocycles. The van der Waals surface area contributed by atoms with Crippen molar-refractivity contribution in [2.75, 3.05) is 5.43 Å². The van der Waals surface area contributed by atoms with Crippen molar-refractivity contribution in [3.8, 4) is 5.75 Å². The first kappa shape index (κ1) is 20.7. The molecule has 11 heteroatoms. The van der Waals surface area contributed by atoms with Gasteiger partial charge in [0.1, 0.15) is 18.0 Å². The summed E-state index contributed by atoms with van der Waals surface area (Å²) in [6.07, 6.45) is -3.48. The van der Waals surface area contributed by atoms with Crippen LogP contribution in [0.15, 0.2) is 65.3 Å². The Morgan fingerprint density at radius 1 is 1.13 bits per heavy atom. The molecule has 0 spiro atoms. The van der Waals surface area contributed by atoms with E-state index in [1.165, 1.54) is 12.3 Å². The molecule has 30 heavy (non-hydrogen) atoms. The number of para-hydroxylation sites is 1. The Kier molecular flexibility index (Phi) is 5.90. The normalized spacial score (nSPS) is 11.0. The fraction of sp³-hybridized carbons (Fsp3) is 0.105. The molecule has 0 unspecified atom stereocenters. The summed E-state index contributed by atoms with van der Waals surface area (Å²) in [5.41, 5.74) is 2.47. The Bertz CT molecular complexity index is 1050. The van der Waals surface area contributed by atoms with Gasteiger partial charge in [0.2, 0.25) is 0 Å². The molecule has 2 aromatic carbocycles. The number of hydrogen-bond donors (Lipinski definition) is 2. The minimum Gasteiger partial charge on any atom is -0.489 e. The molecule has 0 fully saturated rings. The van der Waals surface area contributed by atoms with E-state index in [4.69, 9.17) is 9.15 Å².